The van der Waals surface area contributed by atoms with Crippen LogP contribution in [-0.4, -0.2) is 27.0 Å². The molecule has 8 heteroatoms. The van der Waals surface area contributed by atoms with Crippen LogP contribution in [0.5, 0.6) is 5.75 Å². The number of pyridine rings is 1. The fourth-order valence-corrected chi connectivity index (χ4v) is 3.12. The number of nitrogens with zero attached hydrogens (tertiary/aromatic N) is 4. The monoisotopic (exact) mass is 406 g/mol. The van der Waals surface area contributed by atoms with Crippen molar-refractivity contribution in [3.8, 4) is 28.1 Å². The zero-order valence-electron chi connectivity index (χ0n) is 16.7. The number of aromatic nitrogens is 4. The summed E-state index contributed by atoms with van der Waals surface area (Å²) < 4.78 is 25.6. The first-order valence-electron chi connectivity index (χ1n) is 9.25. The van der Waals surface area contributed by atoms with Gasteiger partial charge >= 0.3 is 0 Å². The highest BCUT2D eigenvalue weighted by atomic mass is 19.1. The highest BCUT2D eigenvalue weighted by Gasteiger charge is 2.17. The molecule has 4 aromatic rings. The predicted octanol–water partition coefficient (Wildman–Crippen LogP) is 3.77. The first-order chi connectivity index (χ1) is 14.5. The lowest BCUT2D eigenvalue weighted by molar-refractivity contribution is 0.386. The molecule has 0 amide bonds. The Morgan fingerprint density at radius 2 is 1.87 bits per heavy atom. The van der Waals surface area contributed by atoms with Gasteiger partial charge in [-0.1, -0.05) is 11.2 Å². The van der Waals surface area contributed by atoms with E-state index >= 15 is 0 Å². The molecule has 0 aliphatic carbocycles. The Balaban J connectivity index is 1.66. The van der Waals surface area contributed by atoms with Gasteiger partial charge in [0.25, 0.3) is 5.56 Å². The third-order valence-corrected chi connectivity index (χ3v) is 4.83. The number of hydrogen-bond donors (Lipinski definition) is 0. The first kappa shape index (κ1) is 19.5. The lowest BCUT2D eigenvalue weighted by atomic mass is 10.1. The van der Waals surface area contributed by atoms with Crippen molar-refractivity contribution in [3.05, 3.63) is 82.0 Å². The number of aryl methyl sites for hydroxylation is 2. The molecule has 0 atom stereocenters. The molecule has 30 heavy (non-hydrogen) atoms. The molecule has 152 valence electrons. The number of methoxy groups -OCH3 is 1. The summed E-state index contributed by atoms with van der Waals surface area (Å²) in [7, 11) is 1.40. The highest BCUT2D eigenvalue weighted by molar-refractivity contribution is 5.64. The van der Waals surface area contributed by atoms with Crippen LogP contribution in [0, 0.1) is 19.7 Å². The van der Waals surface area contributed by atoms with E-state index in [4.69, 9.17) is 9.26 Å². The molecular formula is C22H19FN4O3. The fourth-order valence-electron chi connectivity index (χ4n) is 3.12. The van der Waals surface area contributed by atoms with Crippen molar-refractivity contribution in [1.29, 1.82) is 0 Å². The van der Waals surface area contributed by atoms with E-state index in [2.05, 4.69) is 15.2 Å². The average molecular weight is 406 g/mol. The van der Waals surface area contributed by atoms with Gasteiger partial charge in [-0.15, -0.1) is 0 Å². The maximum absolute atomic E-state index is 14.0. The van der Waals surface area contributed by atoms with Gasteiger partial charge in [-0.3, -0.25) is 9.78 Å². The van der Waals surface area contributed by atoms with Crippen molar-refractivity contribution in [2.24, 2.45) is 0 Å². The predicted molar refractivity (Wildman–Crippen MR) is 109 cm³/mol. The summed E-state index contributed by atoms with van der Waals surface area (Å²) in [5.41, 5.74) is 3.79. The van der Waals surface area contributed by atoms with Crippen molar-refractivity contribution < 1.29 is 13.7 Å². The van der Waals surface area contributed by atoms with Gasteiger partial charge in [0.2, 0.25) is 0 Å². The van der Waals surface area contributed by atoms with Crippen molar-refractivity contribution in [3.63, 3.8) is 0 Å². The van der Waals surface area contributed by atoms with Crippen LogP contribution >= 0.6 is 0 Å². The molecule has 0 N–H and O–H groups in total. The van der Waals surface area contributed by atoms with Gasteiger partial charge in [-0.25, -0.2) is 9.07 Å². The van der Waals surface area contributed by atoms with Gasteiger partial charge in [0.1, 0.15) is 11.5 Å². The number of rotatable bonds is 5. The van der Waals surface area contributed by atoms with Gasteiger partial charge in [0.15, 0.2) is 11.6 Å². The Bertz CT molecular complexity index is 1260. The Morgan fingerprint density at radius 3 is 2.53 bits per heavy atom. The molecule has 0 aliphatic heterocycles. The van der Waals surface area contributed by atoms with Gasteiger partial charge in [-0.2, -0.15) is 5.10 Å². The van der Waals surface area contributed by atoms with Crippen LogP contribution in [0.25, 0.3) is 22.4 Å². The zero-order chi connectivity index (χ0) is 21.3. The Kier molecular flexibility index (Phi) is 5.14. The molecule has 4 rings (SSSR count). The second-order valence-corrected chi connectivity index (χ2v) is 6.84. The van der Waals surface area contributed by atoms with E-state index in [1.54, 1.807) is 19.2 Å². The summed E-state index contributed by atoms with van der Waals surface area (Å²) >= 11 is 0. The summed E-state index contributed by atoms with van der Waals surface area (Å²) in [6.07, 6.45) is 3.24. The third-order valence-electron chi connectivity index (χ3n) is 4.83. The van der Waals surface area contributed by atoms with Crippen LogP contribution in [0.15, 0.2) is 58.1 Å². The SMILES string of the molecule is COc1ccc(-c2cnn(Cc3c(-c4ccc(C)nc4)noc3C)c(=O)c2)cc1F. The van der Waals surface area contributed by atoms with Crippen molar-refractivity contribution >= 4 is 0 Å². The number of benzene rings is 1. The van der Waals surface area contributed by atoms with Crippen LogP contribution in [0.4, 0.5) is 4.39 Å². The highest BCUT2D eigenvalue weighted by Crippen LogP contribution is 2.26. The molecule has 0 aliphatic rings. The minimum Gasteiger partial charge on any atom is -0.494 e. The minimum absolute atomic E-state index is 0.140. The third kappa shape index (κ3) is 3.71. The molecule has 0 saturated carbocycles. The lowest BCUT2D eigenvalue weighted by Crippen LogP contribution is -2.23. The standard InChI is InChI=1S/C22H19FN4O3/c1-13-4-5-16(10-24-13)22-18(14(2)30-26-22)12-27-21(28)9-17(11-25-27)15-6-7-20(29-3)19(23)8-15/h4-11H,12H2,1-3H3. The van der Waals surface area contributed by atoms with E-state index in [0.717, 1.165) is 16.8 Å². The molecule has 7 nitrogen and oxygen atoms in total. The normalized spacial score (nSPS) is 10.9. The van der Waals surface area contributed by atoms with Crippen LogP contribution in [0.2, 0.25) is 0 Å². The summed E-state index contributed by atoms with van der Waals surface area (Å²) in [4.78, 5) is 17.0. The molecule has 0 bridgehead atoms. The molecule has 0 fully saturated rings. The van der Waals surface area contributed by atoms with E-state index in [0.29, 0.717) is 22.6 Å². The van der Waals surface area contributed by atoms with Crippen molar-refractivity contribution in [1.82, 2.24) is 19.9 Å². The summed E-state index contributed by atoms with van der Waals surface area (Å²) in [6.45, 7) is 3.88. The number of hydrogen-bond acceptors (Lipinski definition) is 6. The van der Waals surface area contributed by atoms with Crippen molar-refractivity contribution in [2.75, 3.05) is 7.11 Å². The van der Waals surface area contributed by atoms with Gasteiger partial charge < -0.3 is 9.26 Å². The van der Waals surface area contributed by atoms with Crippen LogP contribution in [0.1, 0.15) is 17.0 Å². The van der Waals surface area contributed by atoms with E-state index in [-0.39, 0.29) is 17.9 Å². The van der Waals surface area contributed by atoms with Crippen LogP contribution < -0.4 is 10.3 Å². The summed E-state index contributed by atoms with van der Waals surface area (Å²) in [5, 5.41) is 8.38. The average Bonchev–Trinajstić information content (AvgIpc) is 3.10. The minimum atomic E-state index is -0.504. The Hall–Kier alpha value is -3.81. The van der Waals surface area contributed by atoms with Gasteiger partial charge in [0.05, 0.1) is 19.9 Å². The Morgan fingerprint density at radius 1 is 1.07 bits per heavy atom. The van der Waals surface area contributed by atoms with Gasteiger partial charge in [-0.05, 0) is 43.7 Å². The fraction of sp³-hybridized carbons (Fsp3) is 0.182. The molecule has 0 radical (unpaired) electrons. The molecule has 1 aromatic carbocycles. The summed E-state index contributed by atoms with van der Waals surface area (Å²) in [5.74, 6) is 0.234. The van der Waals surface area contributed by atoms with Gasteiger partial charge in [0, 0.05) is 34.6 Å². The second kappa shape index (κ2) is 7.90. The number of halogens is 1. The van der Waals surface area contributed by atoms with E-state index in [1.165, 1.54) is 36.2 Å². The largest absolute Gasteiger partial charge is 0.494 e. The maximum atomic E-state index is 14.0. The lowest BCUT2D eigenvalue weighted by Gasteiger charge is -2.08. The smallest absolute Gasteiger partial charge is 0.267 e. The summed E-state index contributed by atoms with van der Waals surface area (Å²) in [6, 6.07) is 9.71. The maximum Gasteiger partial charge on any atom is 0.267 e. The van der Waals surface area contributed by atoms with E-state index in [1.807, 2.05) is 19.1 Å². The molecular weight excluding hydrogens is 387 g/mol. The van der Waals surface area contributed by atoms with Crippen molar-refractivity contribution in [2.45, 2.75) is 20.4 Å². The molecule has 0 unspecified atom stereocenters. The van der Waals surface area contributed by atoms with Crippen LogP contribution in [0.3, 0.4) is 0 Å². The van der Waals surface area contributed by atoms with E-state index in [9.17, 15) is 9.18 Å². The van der Waals surface area contributed by atoms with E-state index < -0.39 is 5.82 Å². The van der Waals surface area contributed by atoms with Crippen LogP contribution in [-0.2, 0) is 6.54 Å². The second-order valence-electron chi connectivity index (χ2n) is 6.84. The molecule has 3 aromatic heterocycles. The zero-order valence-corrected chi connectivity index (χ0v) is 16.7. The Labute approximate surface area is 171 Å². The topological polar surface area (TPSA) is 83.0 Å². The molecule has 0 saturated heterocycles. The quantitative estimate of drug-likeness (QED) is 0.502. The molecule has 3 heterocycles. The molecule has 0 spiro atoms. The number of ether oxygens (including phenoxy) is 1. The first-order valence-corrected chi connectivity index (χ1v) is 9.25.